The van der Waals surface area contributed by atoms with E-state index in [9.17, 15) is 49.2 Å². The third-order valence-corrected chi connectivity index (χ3v) is 11.1. The zero-order chi connectivity index (χ0) is 52.4. The van der Waals surface area contributed by atoms with Crippen LogP contribution in [0.4, 0.5) is 0 Å². The molecule has 0 aromatic carbocycles. The molecule has 0 saturated heterocycles. The van der Waals surface area contributed by atoms with Gasteiger partial charge in [-0.3, -0.25) is 28.8 Å². The predicted molar refractivity (Wildman–Crippen MR) is 263 cm³/mol. The molecule has 6 atom stereocenters. The van der Waals surface area contributed by atoms with Crippen LogP contribution >= 0.6 is 0 Å². The van der Waals surface area contributed by atoms with E-state index < -0.39 is 92.0 Å². The number of ketones is 2. The van der Waals surface area contributed by atoms with Gasteiger partial charge in [0.1, 0.15) is 31.0 Å². The number of allylic oxidation sites excluding steroid dienone is 20. The number of carbonyl (C=O) groups excluding carboxylic acids is 5. The smallest absolute Gasteiger partial charge is 0.307 e. The van der Waals surface area contributed by atoms with Gasteiger partial charge in [-0.05, 0) is 82.1 Å². The number of rotatable bonds is 28. The molecule has 1 aliphatic carbocycles. The molecule has 0 amide bonds. The zero-order valence-electron chi connectivity index (χ0n) is 41.8. The molecule has 0 saturated carbocycles. The zero-order valence-corrected chi connectivity index (χ0v) is 41.8. The van der Waals surface area contributed by atoms with Gasteiger partial charge in [0.15, 0.2) is 23.8 Å². The van der Waals surface area contributed by atoms with Gasteiger partial charge in [0.2, 0.25) is 0 Å². The number of hydrogen-bond donors (Lipinski definition) is 6. The largest absolute Gasteiger partial charge is 0.481 e. The number of aliphatic carboxylic acids is 1. The molecule has 0 aromatic rings. The van der Waals surface area contributed by atoms with Crippen molar-refractivity contribution in [2.45, 2.75) is 151 Å². The molecule has 0 bridgehead atoms. The molecule has 69 heavy (non-hydrogen) atoms. The first-order valence-corrected chi connectivity index (χ1v) is 23.1. The molecular formula is C54H74O15. The van der Waals surface area contributed by atoms with Gasteiger partial charge in [-0.25, -0.2) is 0 Å². The van der Waals surface area contributed by atoms with Crippen LogP contribution in [0.15, 0.2) is 130 Å². The van der Waals surface area contributed by atoms with Crippen LogP contribution in [0.3, 0.4) is 0 Å². The summed E-state index contributed by atoms with van der Waals surface area (Å²) in [5, 5.41) is 56.5. The Balaban J connectivity index is 2.78. The first-order chi connectivity index (χ1) is 32.4. The van der Waals surface area contributed by atoms with Gasteiger partial charge < -0.3 is 44.8 Å². The van der Waals surface area contributed by atoms with Crippen molar-refractivity contribution in [3.8, 4) is 0 Å². The molecule has 0 fully saturated rings. The van der Waals surface area contributed by atoms with Gasteiger partial charge in [0.25, 0.3) is 0 Å². The second-order valence-electron chi connectivity index (χ2n) is 17.5. The maximum absolute atomic E-state index is 13.3. The quantitative estimate of drug-likeness (QED) is 0.0199. The fourth-order valence-electron chi connectivity index (χ4n) is 6.77. The maximum Gasteiger partial charge on any atom is 0.307 e. The first-order valence-electron chi connectivity index (χ1n) is 23.1. The molecule has 0 spiro atoms. The SMILES string of the molecule is CCC(/C=C/C(C)=C/C=C/C(C)=C/C=C/C=C(C)/C=C/C=C(C)/C=C/C1=C(C)C(=O)C(OC(=O)CCC(=O)O)CC1(C)C)=C(/C)C(=O)C(CC)OC(=O)CCC(=O)OCC(O)C(O)C(O)C(O)CO. The molecule has 15 heteroatoms. The van der Waals surface area contributed by atoms with Crippen LogP contribution in [-0.2, 0) is 43.0 Å². The van der Waals surface area contributed by atoms with Crippen molar-refractivity contribution >= 4 is 35.4 Å². The number of Topliss-reactive ketones (excluding diaryl/α,β-unsaturated/α-hetero) is 2. The summed E-state index contributed by atoms with van der Waals surface area (Å²) in [7, 11) is 0. The van der Waals surface area contributed by atoms with E-state index in [2.05, 4.69) is 0 Å². The minimum atomic E-state index is -1.90. The standard InChI is InChI=1S/C54H74O15/c1-11-40(38(7)50(63)44(12-2)68-49(62)30-29-47(60)67-33-43(57)53(66)52(65)42(56)32-55)25-23-36(5)21-15-19-34(3)17-13-14-18-35(4)20-16-22-37(6)24-26-41-39(8)51(64)45(31-54(41,9)10)69-48(61)28-27-46(58)59/h13-26,42-45,52-53,55-57,65-66H,11-12,27-33H2,1-10H3,(H,58,59)/b14-13+,19-15+,20-16+,25-23+,26-24+,34-17+,35-18+,36-21+,37-22+,40-38+. The monoisotopic (exact) mass is 963 g/mol. The Labute approximate surface area is 407 Å². The highest BCUT2D eigenvalue weighted by atomic mass is 16.6. The summed E-state index contributed by atoms with van der Waals surface area (Å²) in [4.78, 5) is 73.9. The number of carboxylic acid groups (broad SMARTS) is 1. The molecule has 1 aliphatic rings. The van der Waals surface area contributed by atoms with Gasteiger partial charge in [0, 0.05) is 6.42 Å². The van der Waals surface area contributed by atoms with E-state index in [4.69, 9.17) is 24.4 Å². The van der Waals surface area contributed by atoms with Crippen molar-refractivity contribution in [3.05, 3.63) is 130 Å². The predicted octanol–water partition coefficient (Wildman–Crippen LogP) is 7.02. The third-order valence-electron chi connectivity index (χ3n) is 11.1. The minimum Gasteiger partial charge on any atom is -0.481 e. The molecular weight excluding hydrogens is 889 g/mol. The van der Waals surface area contributed by atoms with Crippen molar-refractivity contribution < 1.29 is 73.6 Å². The molecule has 6 unspecified atom stereocenters. The Bertz CT molecular complexity index is 2150. The number of carbonyl (C=O) groups is 6. The summed E-state index contributed by atoms with van der Waals surface area (Å²) in [6.45, 7) is 17.2. The van der Waals surface area contributed by atoms with Crippen LogP contribution in [-0.4, -0.2) is 116 Å². The van der Waals surface area contributed by atoms with Gasteiger partial charge in [-0.1, -0.05) is 135 Å². The Morgan fingerprint density at radius 3 is 1.74 bits per heavy atom. The molecule has 0 radical (unpaired) electrons. The van der Waals surface area contributed by atoms with Crippen LogP contribution in [0, 0.1) is 5.41 Å². The van der Waals surface area contributed by atoms with Gasteiger partial charge in [-0.15, -0.1) is 0 Å². The normalized spacial score (nSPS) is 19.1. The van der Waals surface area contributed by atoms with Crippen LogP contribution < -0.4 is 0 Å². The topological polar surface area (TPSA) is 251 Å². The van der Waals surface area contributed by atoms with Gasteiger partial charge >= 0.3 is 23.9 Å². The number of aliphatic hydroxyl groups is 5. The van der Waals surface area contributed by atoms with Crippen LogP contribution in [0.25, 0.3) is 0 Å². The summed E-state index contributed by atoms with van der Waals surface area (Å²) in [5.41, 5.74) is 6.07. The summed E-state index contributed by atoms with van der Waals surface area (Å²) in [5.74, 6) is -4.16. The van der Waals surface area contributed by atoms with E-state index in [0.717, 1.165) is 33.4 Å². The fourth-order valence-corrected chi connectivity index (χ4v) is 6.77. The Morgan fingerprint density at radius 1 is 0.696 bits per heavy atom. The summed E-state index contributed by atoms with van der Waals surface area (Å²) in [6.07, 6.45) is 17.5. The molecule has 15 nitrogen and oxygen atoms in total. The second kappa shape index (κ2) is 31.3. The Hall–Kier alpha value is -5.84. The van der Waals surface area contributed by atoms with Gasteiger partial charge in [-0.2, -0.15) is 0 Å². The summed E-state index contributed by atoms with van der Waals surface area (Å²) < 4.78 is 15.6. The van der Waals surface area contributed by atoms with Crippen molar-refractivity contribution in [1.82, 2.24) is 0 Å². The Morgan fingerprint density at radius 2 is 1.20 bits per heavy atom. The van der Waals surface area contributed by atoms with Crippen LogP contribution in [0.2, 0.25) is 0 Å². The summed E-state index contributed by atoms with van der Waals surface area (Å²) >= 11 is 0. The van der Waals surface area contributed by atoms with E-state index in [1.165, 1.54) is 0 Å². The van der Waals surface area contributed by atoms with Crippen LogP contribution in [0.5, 0.6) is 0 Å². The number of ether oxygens (including phenoxy) is 3. The van der Waals surface area contributed by atoms with E-state index in [1.54, 1.807) is 20.8 Å². The highest BCUT2D eigenvalue weighted by molar-refractivity contribution is 6.02. The van der Waals surface area contributed by atoms with Crippen molar-refractivity contribution in [3.63, 3.8) is 0 Å². The van der Waals surface area contributed by atoms with Gasteiger partial charge in [0.05, 0.1) is 32.3 Å². The molecule has 1 rings (SSSR count). The lowest BCUT2D eigenvalue weighted by atomic mass is 9.71. The third kappa shape index (κ3) is 22.9. The first kappa shape index (κ1) is 61.2. The minimum absolute atomic E-state index is 0.201. The molecule has 6 N–H and O–H groups in total. The molecule has 0 aliphatic heterocycles. The van der Waals surface area contributed by atoms with Crippen molar-refractivity contribution in [1.29, 1.82) is 0 Å². The van der Waals surface area contributed by atoms with E-state index in [1.807, 2.05) is 134 Å². The second-order valence-corrected chi connectivity index (χ2v) is 17.5. The van der Waals surface area contributed by atoms with Crippen molar-refractivity contribution in [2.75, 3.05) is 13.2 Å². The average Bonchev–Trinajstić information content (AvgIpc) is 3.30. The van der Waals surface area contributed by atoms with E-state index in [0.29, 0.717) is 24.0 Å². The lowest BCUT2D eigenvalue weighted by molar-refractivity contribution is -0.160. The fraction of sp³-hybridized carbons (Fsp3) is 0.481. The highest BCUT2D eigenvalue weighted by Crippen LogP contribution is 2.41. The lowest BCUT2D eigenvalue weighted by Crippen LogP contribution is -2.47. The average molecular weight is 963 g/mol. The van der Waals surface area contributed by atoms with E-state index >= 15 is 0 Å². The Kier molecular flexibility index (Phi) is 27.8. The number of aliphatic hydroxyl groups excluding tert-OH is 5. The number of carboxylic acids is 1. The molecule has 0 aromatic heterocycles. The molecule has 0 heterocycles. The lowest BCUT2D eigenvalue weighted by Gasteiger charge is -2.36. The van der Waals surface area contributed by atoms with Crippen molar-refractivity contribution in [2.24, 2.45) is 5.41 Å². The number of esters is 3. The highest BCUT2D eigenvalue weighted by Gasteiger charge is 2.40. The number of hydrogen-bond acceptors (Lipinski definition) is 14. The maximum atomic E-state index is 13.3. The molecule has 380 valence electrons. The summed E-state index contributed by atoms with van der Waals surface area (Å²) in [6, 6.07) is 0. The van der Waals surface area contributed by atoms with Crippen LogP contribution in [0.1, 0.15) is 114 Å². The van der Waals surface area contributed by atoms with E-state index in [-0.39, 0.29) is 30.8 Å².